The summed E-state index contributed by atoms with van der Waals surface area (Å²) >= 11 is 1.54. The first kappa shape index (κ1) is 27.9. The van der Waals surface area contributed by atoms with Crippen molar-refractivity contribution in [3.8, 4) is 5.75 Å². The molecule has 10 heteroatoms. The number of benzene rings is 3. The van der Waals surface area contributed by atoms with Gasteiger partial charge in [-0.05, 0) is 60.4 Å². The van der Waals surface area contributed by atoms with Gasteiger partial charge in [0, 0.05) is 24.3 Å². The van der Waals surface area contributed by atoms with Crippen LogP contribution in [0.5, 0.6) is 5.75 Å². The molecule has 3 N–H and O–H groups in total. The molecule has 1 fully saturated rings. The Balaban J connectivity index is 1.48. The number of rotatable bonds is 11. The lowest BCUT2D eigenvalue weighted by atomic mass is 10.1. The normalized spacial score (nSPS) is 14.6. The largest absolute Gasteiger partial charge is 0.491 e. The molecule has 8 nitrogen and oxygen atoms in total. The number of carbonyl (C=O) groups is 2. The molecule has 1 aliphatic heterocycles. The van der Waals surface area contributed by atoms with Crippen molar-refractivity contribution in [3.63, 3.8) is 0 Å². The number of hydrogen-bond donors (Lipinski definition) is 3. The molecule has 202 valence electrons. The van der Waals surface area contributed by atoms with Crippen LogP contribution in [-0.4, -0.2) is 41.9 Å². The van der Waals surface area contributed by atoms with Gasteiger partial charge in [-0.2, -0.15) is 0 Å². The molecule has 2 amide bonds. The van der Waals surface area contributed by atoms with Gasteiger partial charge in [0.2, 0.25) is 5.91 Å². The number of carbonyl (C=O) groups excluding carboxylic acids is 3. The Hall–Kier alpha value is -4.11. The minimum atomic E-state index is -0.492. The van der Waals surface area contributed by atoms with E-state index in [1.165, 1.54) is 23.9 Å². The smallest absolute Gasteiger partial charge is 0.251 e. The molecule has 3 aromatic carbocycles. The molecule has 0 aliphatic carbocycles. The van der Waals surface area contributed by atoms with Crippen molar-refractivity contribution in [3.05, 3.63) is 101 Å². The second-order valence-electron chi connectivity index (χ2n) is 8.79. The maximum Gasteiger partial charge on any atom is 0.251 e. The highest BCUT2D eigenvalue weighted by Crippen LogP contribution is 2.48. The molecule has 1 atom stereocenters. The highest BCUT2D eigenvalue weighted by atomic mass is 32.2. The van der Waals surface area contributed by atoms with E-state index in [1.807, 2.05) is 41.2 Å². The van der Waals surface area contributed by atoms with Crippen molar-refractivity contribution in [2.75, 3.05) is 23.8 Å². The molecule has 1 saturated heterocycles. The summed E-state index contributed by atoms with van der Waals surface area (Å²) in [6, 6.07) is 20.7. The lowest BCUT2D eigenvalue weighted by molar-refractivity contribution is -0.129. The number of thioether (sulfide) groups is 1. The number of nitrogens with zero attached hydrogens (tertiary/aromatic N) is 1. The van der Waals surface area contributed by atoms with Gasteiger partial charge in [-0.25, -0.2) is 14.7 Å². The molecule has 0 aromatic heterocycles. The van der Waals surface area contributed by atoms with Crippen LogP contribution in [0.15, 0.2) is 78.5 Å². The van der Waals surface area contributed by atoms with E-state index < -0.39 is 5.91 Å². The van der Waals surface area contributed by atoms with E-state index in [1.54, 1.807) is 35.8 Å². The van der Waals surface area contributed by atoms with Crippen molar-refractivity contribution in [1.82, 2.24) is 10.8 Å². The summed E-state index contributed by atoms with van der Waals surface area (Å²) in [5, 5.41) is 11.3. The molecule has 1 heterocycles. The molecular weight excluding hydrogens is 521 g/mol. The van der Waals surface area contributed by atoms with E-state index in [9.17, 15) is 18.8 Å². The van der Waals surface area contributed by atoms with Crippen molar-refractivity contribution in [1.29, 1.82) is 0 Å². The van der Waals surface area contributed by atoms with Crippen LogP contribution < -0.4 is 20.4 Å². The van der Waals surface area contributed by atoms with Crippen LogP contribution in [0.2, 0.25) is 0 Å². The summed E-state index contributed by atoms with van der Waals surface area (Å²) in [6.45, 7) is 0.644. The van der Waals surface area contributed by atoms with E-state index >= 15 is 0 Å². The molecule has 0 radical (unpaired) electrons. The van der Waals surface area contributed by atoms with Gasteiger partial charge < -0.3 is 15.0 Å². The van der Waals surface area contributed by atoms with Crippen LogP contribution in [0, 0.1) is 5.82 Å². The first-order valence-corrected chi connectivity index (χ1v) is 13.5. The summed E-state index contributed by atoms with van der Waals surface area (Å²) in [5.41, 5.74) is 4.98. The number of amides is 2. The topological polar surface area (TPSA) is 108 Å². The summed E-state index contributed by atoms with van der Waals surface area (Å²) in [6.07, 6.45) is 1.08. The molecule has 0 spiro atoms. The van der Waals surface area contributed by atoms with Gasteiger partial charge in [0.1, 0.15) is 28.6 Å². The average molecular weight is 550 g/mol. The zero-order chi connectivity index (χ0) is 27.6. The minimum absolute atomic E-state index is 0.110. The van der Waals surface area contributed by atoms with E-state index in [0.717, 1.165) is 11.1 Å². The second-order valence-corrected chi connectivity index (χ2v) is 9.86. The van der Waals surface area contributed by atoms with E-state index in [-0.39, 0.29) is 30.1 Å². The summed E-state index contributed by atoms with van der Waals surface area (Å²) in [7, 11) is 0. The van der Waals surface area contributed by atoms with Gasteiger partial charge in [-0.3, -0.25) is 14.8 Å². The monoisotopic (exact) mass is 549 g/mol. The number of anilines is 1. The molecular formula is C29H28FN3O5S. The predicted molar refractivity (Wildman–Crippen MR) is 147 cm³/mol. The third-order valence-electron chi connectivity index (χ3n) is 6.12. The molecule has 0 bridgehead atoms. The zero-order valence-corrected chi connectivity index (χ0v) is 21.9. The minimum Gasteiger partial charge on any atom is -0.491 e. The Morgan fingerprint density at radius 2 is 1.90 bits per heavy atom. The summed E-state index contributed by atoms with van der Waals surface area (Å²) < 4.78 is 19.0. The number of para-hydroxylation sites is 2. The Bertz CT molecular complexity index is 1360. The van der Waals surface area contributed by atoms with Gasteiger partial charge in [0.15, 0.2) is 0 Å². The first-order chi connectivity index (χ1) is 19.0. The Labute approximate surface area is 229 Å². The zero-order valence-electron chi connectivity index (χ0n) is 21.1. The maximum absolute atomic E-state index is 13.1. The van der Waals surface area contributed by atoms with Crippen LogP contribution in [0.4, 0.5) is 10.1 Å². The van der Waals surface area contributed by atoms with Gasteiger partial charge in [-0.1, -0.05) is 36.4 Å². The molecule has 3 aromatic rings. The van der Waals surface area contributed by atoms with E-state index in [4.69, 9.17) is 9.94 Å². The maximum atomic E-state index is 13.1. The molecule has 4 rings (SSSR count). The van der Waals surface area contributed by atoms with Crippen LogP contribution in [-0.2, 0) is 16.0 Å². The number of hydroxylamine groups is 1. The Morgan fingerprint density at radius 3 is 2.67 bits per heavy atom. The first-order valence-electron chi connectivity index (χ1n) is 12.4. The highest BCUT2D eigenvalue weighted by Gasteiger charge is 2.34. The van der Waals surface area contributed by atoms with Gasteiger partial charge in [-0.15, -0.1) is 11.8 Å². The van der Waals surface area contributed by atoms with Crippen molar-refractivity contribution < 1.29 is 28.7 Å². The summed E-state index contributed by atoms with van der Waals surface area (Å²) in [5.74, 6) is 2.01. The van der Waals surface area contributed by atoms with Gasteiger partial charge >= 0.3 is 0 Å². The van der Waals surface area contributed by atoms with Crippen LogP contribution in [0.3, 0.4) is 0 Å². The lowest BCUT2D eigenvalue weighted by Crippen LogP contribution is -2.26. The molecule has 1 aliphatic rings. The van der Waals surface area contributed by atoms with Gasteiger partial charge in [0.05, 0.1) is 12.3 Å². The van der Waals surface area contributed by atoms with E-state index in [0.29, 0.717) is 47.8 Å². The highest BCUT2D eigenvalue weighted by molar-refractivity contribution is 8.00. The fraction of sp³-hybridized carbons (Fsp3) is 0.241. The molecule has 0 saturated carbocycles. The standard InChI is InChI=1S/C29H28FN3O5S/c30-23-12-10-20(11-13-23)14-15-31-28(36)21-5-3-6-22(17-21)29-33(24(18-34)19-39-29)25-7-1-2-8-26(25)38-16-4-9-27(35)32-37/h1-3,5-8,10-13,17,29,37H,4,9,14-16,19H2,(H,31,36)(H,32,35). The lowest BCUT2D eigenvalue weighted by Gasteiger charge is -2.28. The van der Waals surface area contributed by atoms with Gasteiger partial charge in [0.25, 0.3) is 5.91 Å². The fourth-order valence-corrected chi connectivity index (χ4v) is 5.44. The fourth-order valence-electron chi connectivity index (χ4n) is 4.20. The van der Waals surface area contributed by atoms with Crippen molar-refractivity contribution in [2.24, 2.45) is 0 Å². The molecule has 39 heavy (non-hydrogen) atoms. The number of ether oxygens (including phenoxy) is 1. The van der Waals surface area contributed by atoms with Crippen LogP contribution in [0.1, 0.15) is 39.7 Å². The third-order valence-corrected chi connectivity index (χ3v) is 7.36. The quantitative estimate of drug-likeness (QED) is 0.141. The Kier molecular flexibility index (Phi) is 9.74. The van der Waals surface area contributed by atoms with Crippen LogP contribution in [0.25, 0.3) is 0 Å². The summed E-state index contributed by atoms with van der Waals surface area (Å²) in [4.78, 5) is 37.9. The SMILES string of the molecule is O=C=C1CSC(c2cccc(C(=O)NCCc3ccc(F)cc3)c2)N1c1ccccc1OCCCC(=O)NO. The van der Waals surface area contributed by atoms with E-state index in [2.05, 4.69) is 5.32 Å². The number of nitrogens with one attached hydrogen (secondary N) is 2. The molecule has 1 unspecified atom stereocenters. The second kappa shape index (κ2) is 13.6. The van der Waals surface area contributed by atoms with Crippen molar-refractivity contribution >= 4 is 35.2 Å². The average Bonchev–Trinajstić information content (AvgIpc) is 3.40. The number of hydrogen-bond acceptors (Lipinski definition) is 7. The third kappa shape index (κ3) is 7.26. The predicted octanol–water partition coefficient (Wildman–Crippen LogP) is 4.43. The Morgan fingerprint density at radius 1 is 1.10 bits per heavy atom. The van der Waals surface area contributed by atoms with Crippen molar-refractivity contribution in [2.45, 2.75) is 24.6 Å². The number of halogens is 1. The van der Waals surface area contributed by atoms with Crippen LogP contribution >= 0.6 is 11.8 Å².